The summed E-state index contributed by atoms with van der Waals surface area (Å²) in [4.78, 5) is 4.61. The Hall–Kier alpha value is -2.67. The van der Waals surface area contributed by atoms with Crippen molar-refractivity contribution in [2.45, 2.75) is 11.8 Å². The Morgan fingerprint density at radius 2 is 1.18 bits per heavy atom. The van der Waals surface area contributed by atoms with Gasteiger partial charge in [-0.05, 0) is 22.8 Å². The third-order valence-electron chi connectivity index (χ3n) is 4.52. The number of rotatable bonds is 2. The van der Waals surface area contributed by atoms with E-state index in [9.17, 15) is 0 Å². The lowest BCUT2D eigenvalue weighted by molar-refractivity contribution is 0.644. The van der Waals surface area contributed by atoms with E-state index in [1.165, 1.54) is 16.7 Å². The summed E-state index contributed by atoms with van der Waals surface area (Å²) in [6, 6.07) is 30.0. The van der Waals surface area contributed by atoms with E-state index >= 15 is 0 Å². The van der Waals surface area contributed by atoms with Crippen LogP contribution in [-0.2, 0) is 5.41 Å². The van der Waals surface area contributed by atoms with Crippen LogP contribution in [0.3, 0.4) is 0 Å². The van der Waals surface area contributed by atoms with E-state index in [-0.39, 0.29) is 5.41 Å². The van der Waals surface area contributed by atoms with Gasteiger partial charge in [0.25, 0.3) is 0 Å². The molecule has 0 aliphatic carbocycles. The van der Waals surface area contributed by atoms with E-state index < -0.39 is 0 Å². The van der Waals surface area contributed by atoms with Gasteiger partial charge in [-0.3, -0.25) is 4.99 Å². The SMILES string of the molecule is C1=Nc2ccccc2C(c2ccccc2)(c2ccccc2)C1. The zero-order valence-electron chi connectivity index (χ0n) is 12.3. The summed E-state index contributed by atoms with van der Waals surface area (Å²) < 4.78 is 0. The van der Waals surface area contributed by atoms with Crippen molar-refractivity contribution in [3.05, 3.63) is 102 Å². The summed E-state index contributed by atoms with van der Waals surface area (Å²) in [6.45, 7) is 0. The zero-order valence-corrected chi connectivity index (χ0v) is 12.3. The van der Waals surface area contributed by atoms with Crippen LogP contribution >= 0.6 is 0 Å². The van der Waals surface area contributed by atoms with Crippen LogP contribution in [0.25, 0.3) is 0 Å². The standard InChI is InChI=1S/C21H17N/c1-3-9-17(10-4-1)21(18-11-5-2-6-12-18)15-16-22-20-14-8-7-13-19(20)21/h1-14,16H,15H2. The second kappa shape index (κ2) is 5.27. The van der Waals surface area contributed by atoms with Gasteiger partial charge in [0.1, 0.15) is 0 Å². The Balaban J connectivity index is 2.05. The predicted molar refractivity (Wildman–Crippen MR) is 92.0 cm³/mol. The highest BCUT2D eigenvalue weighted by Crippen LogP contribution is 2.47. The van der Waals surface area contributed by atoms with E-state index in [1.807, 2.05) is 0 Å². The third kappa shape index (κ3) is 1.90. The molecule has 1 heterocycles. The summed E-state index contributed by atoms with van der Waals surface area (Å²) >= 11 is 0. The lowest BCUT2D eigenvalue weighted by atomic mass is 9.66. The molecule has 1 aliphatic rings. The minimum atomic E-state index is -0.152. The number of hydrogen-bond acceptors (Lipinski definition) is 1. The van der Waals surface area contributed by atoms with Gasteiger partial charge in [0.05, 0.1) is 11.1 Å². The molecule has 22 heavy (non-hydrogen) atoms. The van der Waals surface area contributed by atoms with E-state index in [0.29, 0.717) is 0 Å². The Bertz CT molecular complexity index is 764. The van der Waals surface area contributed by atoms with Crippen molar-refractivity contribution in [1.82, 2.24) is 0 Å². The number of hydrogen-bond donors (Lipinski definition) is 0. The number of benzene rings is 3. The van der Waals surface area contributed by atoms with Crippen LogP contribution in [0.2, 0.25) is 0 Å². The summed E-state index contributed by atoms with van der Waals surface area (Å²) in [5.41, 5.74) is 4.84. The number of nitrogens with zero attached hydrogens (tertiary/aromatic N) is 1. The van der Waals surface area contributed by atoms with Gasteiger partial charge in [-0.2, -0.15) is 0 Å². The van der Waals surface area contributed by atoms with Gasteiger partial charge < -0.3 is 0 Å². The van der Waals surface area contributed by atoms with Gasteiger partial charge in [-0.15, -0.1) is 0 Å². The molecule has 1 heteroatoms. The first-order valence-electron chi connectivity index (χ1n) is 7.64. The number of fused-ring (bicyclic) bond motifs is 1. The first-order chi connectivity index (χ1) is 10.9. The summed E-state index contributed by atoms with van der Waals surface area (Å²) in [6.07, 6.45) is 2.94. The molecule has 1 nitrogen and oxygen atoms in total. The Kier molecular flexibility index (Phi) is 3.12. The Labute approximate surface area is 131 Å². The second-order valence-electron chi connectivity index (χ2n) is 5.67. The lowest BCUT2D eigenvalue weighted by Gasteiger charge is -2.37. The van der Waals surface area contributed by atoms with Crippen LogP contribution < -0.4 is 0 Å². The van der Waals surface area contributed by atoms with Gasteiger partial charge in [-0.25, -0.2) is 0 Å². The molecule has 0 spiro atoms. The van der Waals surface area contributed by atoms with Crippen LogP contribution in [0.15, 0.2) is 89.9 Å². The molecule has 0 bridgehead atoms. The van der Waals surface area contributed by atoms with E-state index in [4.69, 9.17) is 0 Å². The molecule has 0 atom stereocenters. The van der Waals surface area contributed by atoms with E-state index in [1.54, 1.807) is 0 Å². The quantitative estimate of drug-likeness (QED) is 0.618. The predicted octanol–water partition coefficient (Wildman–Crippen LogP) is 5.13. The van der Waals surface area contributed by atoms with E-state index in [0.717, 1.165) is 12.1 Å². The molecule has 3 aromatic rings. The molecule has 0 N–H and O–H groups in total. The highest BCUT2D eigenvalue weighted by Gasteiger charge is 2.38. The molecule has 0 saturated heterocycles. The van der Waals surface area contributed by atoms with Crippen molar-refractivity contribution in [2.24, 2.45) is 4.99 Å². The summed E-state index contributed by atoms with van der Waals surface area (Å²) in [5.74, 6) is 0. The van der Waals surface area contributed by atoms with Crippen LogP contribution in [0, 0.1) is 0 Å². The maximum atomic E-state index is 4.61. The van der Waals surface area contributed by atoms with Crippen LogP contribution in [-0.4, -0.2) is 6.21 Å². The molecule has 0 fully saturated rings. The molecule has 0 saturated carbocycles. The summed E-state index contributed by atoms with van der Waals surface area (Å²) in [5, 5.41) is 0. The van der Waals surface area contributed by atoms with Gasteiger partial charge in [0.2, 0.25) is 0 Å². The molecule has 106 valence electrons. The molecule has 4 rings (SSSR count). The highest BCUT2D eigenvalue weighted by atomic mass is 14.8. The van der Waals surface area contributed by atoms with Crippen molar-refractivity contribution in [3.63, 3.8) is 0 Å². The monoisotopic (exact) mass is 283 g/mol. The topological polar surface area (TPSA) is 12.4 Å². The smallest absolute Gasteiger partial charge is 0.0670 e. The fourth-order valence-electron chi connectivity index (χ4n) is 3.50. The van der Waals surface area contributed by atoms with Gasteiger partial charge in [-0.1, -0.05) is 78.9 Å². The van der Waals surface area contributed by atoms with Crippen LogP contribution in [0.1, 0.15) is 23.1 Å². The maximum Gasteiger partial charge on any atom is 0.0670 e. The molecule has 0 amide bonds. The van der Waals surface area contributed by atoms with Crippen molar-refractivity contribution in [3.8, 4) is 0 Å². The van der Waals surface area contributed by atoms with Gasteiger partial charge >= 0.3 is 0 Å². The zero-order chi connectivity index (χ0) is 14.8. The number of para-hydroxylation sites is 1. The third-order valence-corrected chi connectivity index (χ3v) is 4.52. The van der Waals surface area contributed by atoms with Crippen molar-refractivity contribution in [1.29, 1.82) is 0 Å². The fourth-order valence-corrected chi connectivity index (χ4v) is 3.50. The molecular weight excluding hydrogens is 266 g/mol. The van der Waals surface area contributed by atoms with Crippen molar-refractivity contribution in [2.75, 3.05) is 0 Å². The van der Waals surface area contributed by atoms with Crippen LogP contribution in [0.4, 0.5) is 5.69 Å². The largest absolute Gasteiger partial charge is 0.261 e. The highest BCUT2D eigenvalue weighted by molar-refractivity contribution is 5.77. The second-order valence-corrected chi connectivity index (χ2v) is 5.67. The normalized spacial score (nSPS) is 15.3. The maximum absolute atomic E-state index is 4.61. The van der Waals surface area contributed by atoms with Crippen LogP contribution in [0.5, 0.6) is 0 Å². The molecular formula is C21H17N. The van der Waals surface area contributed by atoms with Crippen molar-refractivity contribution >= 4 is 11.9 Å². The molecule has 0 unspecified atom stereocenters. The first kappa shape index (κ1) is 13.0. The average Bonchev–Trinajstić information content (AvgIpc) is 2.63. The summed E-state index contributed by atoms with van der Waals surface area (Å²) in [7, 11) is 0. The van der Waals surface area contributed by atoms with Gasteiger partial charge in [0.15, 0.2) is 0 Å². The Morgan fingerprint density at radius 3 is 1.82 bits per heavy atom. The molecule has 1 aliphatic heterocycles. The first-order valence-corrected chi connectivity index (χ1v) is 7.64. The molecule has 3 aromatic carbocycles. The van der Waals surface area contributed by atoms with Crippen molar-refractivity contribution < 1.29 is 0 Å². The molecule has 0 aromatic heterocycles. The lowest BCUT2D eigenvalue weighted by Crippen LogP contribution is -2.31. The van der Waals surface area contributed by atoms with Gasteiger partial charge in [0, 0.05) is 12.6 Å². The van der Waals surface area contributed by atoms with E-state index in [2.05, 4.69) is 96.1 Å². The number of aliphatic imine (C=N–C) groups is 1. The minimum Gasteiger partial charge on any atom is -0.261 e. The average molecular weight is 283 g/mol. The Morgan fingerprint density at radius 1 is 0.636 bits per heavy atom. The fraction of sp³-hybridized carbons (Fsp3) is 0.0952. The molecule has 0 radical (unpaired) electrons. The minimum absolute atomic E-state index is 0.152.